The summed E-state index contributed by atoms with van der Waals surface area (Å²) in [7, 11) is 1.52. The van der Waals surface area contributed by atoms with E-state index in [1.165, 1.54) is 16.7 Å². The van der Waals surface area contributed by atoms with Gasteiger partial charge in [0.25, 0.3) is 5.91 Å². The minimum absolute atomic E-state index is 0.0805. The fourth-order valence-electron chi connectivity index (χ4n) is 7.42. The van der Waals surface area contributed by atoms with Gasteiger partial charge in [-0.15, -0.1) is 0 Å². The number of halogens is 3. The largest absolute Gasteiger partial charge is 0.480 e. The molecule has 3 atom stereocenters. The Labute approximate surface area is 331 Å². The number of aliphatic carboxylic acids is 1. The fraction of sp³-hybridized carbons (Fsp3) is 0.561. The first-order valence-electron chi connectivity index (χ1n) is 19.2. The van der Waals surface area contributed by atoms with Gasteiger partial charge in [-0.25, -0.2) is 10.2 Å². The second-order valence-corrected chi connectivity index (χ2v) is 16.7. The van der Waals surface area contributed by atoms with Gasteiger partial charge in [-0.3, -0.25) is 24.5 Å². The van der Waals surface area contributed by atoms with Crippen LogP contribution in [0.15, 0.2) is 42.6 Å². The molecule has 2 aliphatic rings. The van der Waals surface area contributed by atoms with Crippen LogP contribution in [0, 0.1) is 5.41 Å². The molecule has 1 saturated heterocycles. The maximum absolute atomic E-state index is 14.4. The van der Waals surface area contributed by atoms with Crippen LogP contribution in [-0.2, 0) is 32.0 Å². The van der Waals surface area contributed by atoms with E-state index in [0.29, 0.717) is 65.8 Å². The summed E-state index contributed by atoms with van der Waals surface area (Å²) in [6.45, 7) is 10.4. The zero-order valence-corrected chi connectivity index (χ0v) is 33.7. The Morgan fingerprint density at radius 1 is 1.11 bits per heavy atom. The van der Waals surface area contributed by atoms with Crippen molar-refractivity contribution in [1.82, 2.24) is 30.2 Å². The number of alkyl halides is 3. The molecule has 57 heavy (non-hydrogen) atoms. The number of pyridine rings is 1. The van der Waals surface area contributed by atoms with Crippen molar-refractivity contribution in [1.29, 1.82) is 0 Å². The number of amides is 2. The predicted octanol–water partition coefficient (Wildman–Crippen LogP) is 6.10. The van der Waals surface area contributed by atoms with Crippen LogP contribution in [0.4, 0.5) is 18.0 Å². The number of hydrogen-bond acceptors (Lipinski definition) is 9. The van der Waals surface area contributed by atoms with Gasteiger partial charge in [-0.1, -0.05) is 26.0 Å². The zero-order valence-electron chi connectivity index (χ0n) is 33.7. The molecular weight excluding hydrogens is 745 g/mol. The lowest BCUT2D eigenvalue weighted by atomic mass is 9.84. The predicted molar refractivity (Wildman–Crippen MR) is 209 cm³/mol. The Kier molecular flexibility index (Phi) is 13.4. The second-order valence-electron chi connectivity index (χ2n) is 16.7. The van der Waals surface area contributed by atoms with Crippen LogP contribution >= 0.6 is 0 Å². The number of carbonyl (C=O) groups is 3. The van der Waals surface area contributed by atoms with Gasteiger partial charge in [-0.2, -0.15) is 13.2 Å². The number of aliphatic hydroxyl groups is 1. The van der Waals surface area contributed by atoms with Crippen molar-refractivity contribution in [3.8, 4) is 11.3 Å². The first-order valence-corrected chi connectivity index (χ1v) is 19.2. The molecule has 1 fully saturated rings. The molecule has 16 heteroatoms. The molecule has 0 saturated carbocycles. The van der Waals surface area contributed by atoms with Crippen molar-refractivity contribution in [2.45, 2.75) is 104 Å². The lowest BCUT2D eigenvalue weighted by molar-refractivity contribution is -0.148. The molecule has 2 aliphatic heterocycles. The van der Waals surface area contributed by atoms with Crippen LogP contribution < -0.4 is 10.7 Å². The number of ether oxygens (including phenoxy) is 2. The molecule has 4 heterocycles. The number of carbonyl (C=O) groups excluding carboxylic acids is 2. The maximum atomic E-state index is 14.4. The number of alkyl carbamates (subject to hydrolysis) is 1. The van der Waals surface area contributed by atoms with E-state index >= 15 is 0 Å². The number of rotatable bonds is 13. The smallest absolute Gasteiger partial charge is 0.408 e. The molecule has 2 unspecified atom stereocenters. The van der Waals surface area contributed by atoms with Crippen LogP contribution in [-0.4, -0.2) is 111 Å². The molecule has 0 spiro atoms. The molecular formula is C41H55F3N6O7. The van der Waals surface area contributed by atoms with Gasteiger partial charge in [-0.05, 0) is 99.8 Å². The highest BCUT2D eigenvalue weighted by Gasteiger charge is 2.36. The number of carboxylic acid groups (broad SMARTS) is 1. The van der Waals surface area contributed by atoms with Crippen LogP contribution in [0.3, 0.4) is 0 Å². The molecule has 5 rings (SSSR count). The first-order chi connectivity index (χ1) is 26.7. The standard InChI is InChI=1S/C41H55F3N6O7/c1-25(56-7)34-28(12-8-16-45-34)35-30(20-40(5,6)24-51)29-19-26(14-15-33(29)49(35)23-41(42,43)44)27-11-9-17-48(21-27)22-32(46-38(55)57-39(2,3)4)36(52)50-18-10-13-31(47-50)37(53)54/h8,11-12,14-16,19,25,31-32,47,51H,9-10,13,17-18,20-24H2,1-7H3,(H,46,55)(H,53,54)/t25-,31?,32?/m0/s1. The van der Waals surface area contributed by atoms with Crippen molar-refractivity contribution >= 4 is 34.4 Å². The normalized spacial score (nSPS) is 18.3. The molecule has 2 amide bonds. The summed E-state index contributed by atoms with van der Waals surface area (Å²) >= 11 is 0. The van der Waals surface area contributed by atoms with Gasteiger partial charge in [0, 0.05) is 62.6 Å². The van der Waals surface area contributed by atoms with Crippen molar-refractivity contribution < 1.29 is 47.2 Å². The monoisotopic (exact) mass is 800 g/mol. The van der Waals surface area contributed by atoms with Crippen molar-refractivity contribution in [2.24, 2.45) is 5.41 Å². The molecule has 13 nitrogen and oxygen atoms in total. The average Bonchev–Trinajstić information content (AvgIpc) is 3.42. The number of aliphatic hydroxyl groups excluding tert-OH is 1. The number of hydrogen-bond donors (Lipinski definition) is 4. The molecule has 3 aromatic rings. The summed E-state index contributed by atoms with van der Waals surface area (Å²) in [6, 6.07) is 6.79. The fourth-order valence-corrected chi connectivity index (χ4v) is 7.42. The number of carboxylic acids is 1. The van der Waals surface area contributed by atoms with Gasteiger partial charge in [0.05, 0.1) is 17.5 Å². The average molecular weight is 801 g/mol. The molecule has 0 radical (unpaired) electrons. The van der Waals surface area contributed by atoms with Gasteiger partial charge >= 0.3 is 18.2 Å². The Balaban J connectivity index is 1.54. The van der Waals surface area contributed by atoms with E-state index in [4.69, 9.17) is 9.47 Å². The lowest BCUT2D eigenvalue weighted by Crippen LogP contribution is -2.62. The minimum Gasteiger partial charge on any atom is -0.480 e. The third-order valence-electron chi connectivity index (χ3n) is 10.2. The van der Waals surface area contributed by atoms with E-state index in [1.54, 1.807) is 58.2 Å². The maximum Gasteiger partial charge on any atom is 0.408 e. The summed E-state index contributed by atoms with van der Waals surface area (Å²) in [5.74, 6) is -1.59. The van der Waals surface area contributed by atoms with Crippen LogP contribution in [0.25, 0.3) is 27.7 Å². The summed E-state index contributed by atoms with van der Waals surface area (Å²) in [4.78, 5) is 45.1. The van der Waals surface area contributed by atoms with Crippen LogP contribution in [0.5, 0.6) is 0 Å². The number of aromatic nitrogens is 2. The van der Waals surface area contributed by atoms with E-state index in [1.807, 2.05) is 24.8 Å². The van der Waals surface area contributed by atoms with Gasteiger partial charge < -0.3 is 29.6 Å². The minimum atomic E-state index is -4.55. The summed E-state index contributed by atoms with van der Waals surface area (Å²) < 4.78 is 55.6. The summed E-state index contributed by atoms with van der Waals surface area (Å²) in [5, 5.41) is 24.5. The Morgan fingerprint density at radius 2 is 1.84 bits per heavy atom. The second kappa shape index (κ2) is 17.5. The van der Waals surface area contributed by atoms with E-state index < -0.39 is 59.9 Å². The van der Waals surface area contributed by atoms with Crippen LogP contribution in [0.1, 0.15) is 83.7 Å². The van der Waals surface area contributed by atoms with Gasteiger partial charge in [0.1, 0.15) is 24.2 Å². The number of methoxy groups -OCH3 is 1. The Bertz CT molecular complexity index is 1970. The van der Waals surface area contributed by atoms with E-state index in [9.17, 15) is 37.8 Å². The van der Waals surface area contributed by atoms with E-state index in [-0.39, 0.29) is 26.1 Å². The SMILES string of the molecule is CO[C@@H](C)c1ncccc1-c1c(CC(C)(C)CO)c2cc(C3=CCCN(CC(NC(=O)OC(C)(C)C)C(=O)N4CCCC(C(=O)O)N4)C3)ccc2n1CC(F)(F)F. The number of nitrogens with zero attached hydrogens (tertiary/aromatic N) is 4. The molecule has 0 bridgehead atoms. The number of nitrogens with one attached hydrogen (secondary N) is 2. The first kappa shape index (κ1) is 43.6. The molecule has 312 valence electrons. The van der Waals surface area contributed by atoms with E-state index in [0.717, 1.165) is 11.1 Å². The third kappa shape index (κ3) is 10.9. The Hall–Kier alpha value is -4.51. The number of fused-ring (bicyclic) bond motifs is 1. The van der Waals surface area contributed by atoms with Crippen molar-refractivity contribution in [3.63, 3.8) is 0 Å². The van der Waals surface area contributed by atoms with Crippen LogP contribution in [0.2, 0.25) is 0 Å². The molecule has 0 aliphatic carbocycles. The van der Waals surface area contributed by atoms with E-state index in [2.05, 4.69) is 21.8 Å². The number of benzene rings is 1. The Morgan fingerprint density at radius 3 is 2.49 bits per heavy atom. The van der Waals surface area contributed by atoms with Gasteiger partial charge in [0.15, 0.2) is 0 Å². The quantitative estimate of drug-likeness (QED) is 0.159. The molecule has 2 aromatic heterocycles. The zero-order chi connectivity index (χ0) is 41.9. The highest BCUT2D eigenvalue weighted by molar-refractivity contribution is 5.95. The highest BCUT2D eigenvalue weighted by Crippen LogP contribution is 2.42. The lowest BCUT2D eigenvalue weighted by Gasteiger charge is -2.36. The topological polar surface area (TPSA) is 158 Å². The summed E-state index contributed by atoms with van der Waals surface area (Å²) in [5.41, 5.74) is 5.28. The molecule has 1 aromatic carbocycles. The van der Waals surface area contributed by atoms with Gasteiger partial charge in [0.2, 0.25) is 0 Å². The molecule has 4 N–H and O–H groups in total. The number of hydrazine groups is 1. The summed E-state index contributed by atoms with van der Waals surface area (Å²) in [6.07, 6.45) is -0.557. The third-order valence-corrected chi connectivity index (χ3v) is 10.2. The van der Waals surface area contributed by atoms with Crippen molar-refractivity contribution in [2.75, 3.05) is 39.9 Å². The highest BCUT2D eigenvalue weighted by atomic mass is 19.4. The van der Waals surface area contributed by atoms with Crippen molar-refractivity contribution in [3.05, 3.63) is 59.4 Å².